The van der Waals surface area contributed by atoms with Gasteiger partial charge in [0.05, 0.1) is 12.2 Å². The summed E-state index contributed by atoms with van der Waals surface area (Å²) in [4.78, 5) is 28.5. The first-order valence-electron chi connectivity index (χ1n) is 12.4. The Morgan fingerprint density at radius 1 is 1.09 bits per heavy atom. The Hall–Kier alpha value is -2.05. The van der Waals surface area contributed by atoms with Crippen molar-refractivity contribution in [3.8, 4) is 11.1 Å². The van der Waals surface area contributed by atoms with Crippen molar-refractivity contribution in [2.24, 2.45) is 5.92 Å². The SMILES string of the molecule is CC(C)c1ncc(-c2ccncc2)c(C2CCC(CNC(=O)CN3CCCCC3)CC2)n1.Cl. The smallest absolute Gasteiger partial charge is 0.234 e. The summed E-state index contributed by atoms with van der Waals surface area (Å²) < 4.78 is 0. The Labute approximate surface area is 204 Å². The van der Waals surface area contributed by atoms with E-state index in [1.807, 2.05) is 30.7 Å². The van der Waals surface area contributed by atoms with Crippen molar-refractivity contribution in [1.82, 2.24) is 25.2 Å². The first-order valence-corrected chi connectivity index (χ1v) is 12.4. The minimum Gasteiger partial charge on any atom is -0.355 e. The van der Waals surface area contributed by atoms with E-state index >= 15 is 0 Å². The molecule has 0 unspecified atom stereocenters. The van der Waals surface area contributed by atoms with Gasteiger partial charge in [0, 0.05) is 42.5 Å². The van der Waals surface area contributed by atoms with Crippen molar-refractivity contribution in [3.05, 3.63) is 42.2 Å². The van der Waals surface area contributed by atoms with Crippen LogP contribution >= 0.6 is 12.4 Å². The molecule has 7 heteroatoms. The minimum atomic E-state index is 0. The van der Waals surface area contributed by atoms with Crippen LogP contribution in [0.1, 0.15) is 82.1 Å². The fraction of sp³-hybridized carbons (Fsp3) is 0.615. The molecule has 0 aromatic carbocycles. The van der Waals surface area contributed by atoms with Crippen LogP contribution in [0.5, 0.6) is 0 Å². The van der Waals surface area contributed by atoms with Crippen LogP contribution in [0.25, 0.3) is 11.1 Å². The molecule has 2 aromatic heterocycles. The third-order valence-electron chi connectivity index (χ3n) is 6.98. The fourth-order valence-corrected chi connectivity index (χ4v) is 5.03. The van der Waals surface area contributed by atoms with Gasteiger partial charge in [-0.15, -0.1) is 12.4 Å². The van der Waals surface area contributed by atoms with Crippen LogP contribution in [0.15, 0.2) is 30.7 Å². The molecule has 0 atom stereocenters. The lowest BCUT2D eigenvalue weighted by molar-refractivity contribution is -0.122. The Morgan fingerprint density at radius 3 is 2.45 bits per heavy atom. The molecule has 1 saturated carbocycles. The van der Waals surface area contributed by atoms with Crippen molar-refractivity contribution in [3.63, 3.8) is 0 Å². The molecule has 1 N–H and O–H groups in total. The number of piperidine rings is 1. The number of hydrogen-bond donors (Lipinski definition) is 1. The zero-order valence-electron chi connectivity index (χ0n) is 20.0. The number of pyridine rings is 1. The van der Waals surface area contributed by atoms with Crippen molar-refractivity contribution >= 4 is 18.3 Å². The predicted octanol–water partition coefficient (Wildman–Crippen LogP) is 4.96. The molecule has 180 valence electrons. The second-order valence-corrected chi connectivity index (χ2v) is 9.78. The average molecular weight is 472 g/mol. The summed E-state index contributed by atoms with van der Waals surface area (Å²) in [6, 6.07) is 4.08. The molecule has 2 fully saturated rings. The van der Waals surface area contributed by atoms with Gasteiger partial charge in [-0.05, 0) is 75.2 Å². The normalized spacial score (nSPS) is 21.4. The van der Waals surface area contributed by atoms with Gasteiger partial charge in [-0.1, -0.05) is 20.3 Å². The second kappa shape index (κ2) is 12.4. The topological polar surface area (TPSA) is 71.0 Å². The lowest BCUT2D eigenvalue weighted by Gasteiger charge is -2.30. The van der Waals surface area contributed by atoms with E-state index in [1.165, 1.54) is 25.0 Å². The molecule has 2 aliphatic rings. The van der Waals surface area contributed by atoms with Gasteiger partial charge in [-0.2, -0.15) is 0 Å². The van der Waals surface area contributed by atoms with Gasteiger partial charge in [-0.25, -0.2) is 9.97 Å². The number of carbonyl (C=O) groups is 1. The van der Waals surface area contributed by atoms with Crippen molar-refractivity contribution in [2.75, 3.05) is 26.2 Å². The third kappa shape index (κ3) is 6.97. The van der Waals surface area contributed by atoms with Crippen molar-refractivity contribution in [1.29, 1.82) is 0 Å². The maximum atomic E-state index is 12.4. The molecule has 6 nitrogen and oxygen atoms in total. The Bertz CT molecular complexity index is 878. The van der Waals surface area contributed by atoms with Crippen LogP contribution in [-0.4, -0.2) is 51.9 Å². The first kappa shape index (κ1) is 25.6. The van der Waals surface area contributed by atoms with E-state index in [4.69, 9.17) is 4.98 Å². The van der Waals surface area contributed by atoms with E-state index in [1.54, 1.807) is 0 Å². The third-order valence-corrected chi connectivity index (χ3v) is 6.98. The number of rotatable bonds is 7. The Balaban J connectivity index is 0.00000306. The second-order valence-electron chi connectivity index (χ2n) is 9.78. The van der Waals surface area contributed by atoms with E-state index in [0.717, 1.165) is 62.3 Å². The van der Waals surface area contributed by atoms with Crippen LogP contribution in [0.3, 0.4) is 0 Å². The highest BCUT2D eigenvalue weighted by atomic mass is 35.5. The molecule has 4 rings (SSSR count). The summed E-state index contributed by atoms with van der Waals surface area (Å²) >= 11 is 0. The molecule has 0 bridgehead atoms. The number of amides is 1. The van der Waals surface area contributed by atoms with Gasteiger partial charge in [0.2, 0.25) is 5.91 Å². The minimum absolute atomic E-state index is 0. The maximum Gasteiger partial charge on any atom is 0.234 e. The molecule has 0 radical (unpaired) electrons. The van der Waals surface area contributed by atoms with Gasteiger partial charge in [-0.3, -0.25) is 14.7 Å². The van der Waals surface area contributed by atoms with Crippen molar-refractivity contribution < 1.29 is 4.79 Å². The molecule has 1 amide bonds. The van der Waals surface area contributed by atoms with Gasteiger partial charge in [0.15, 0.2) is 0 Å². The molecule has 1 aliphatic heterocycles. The summed E-state index contributed by atoms with van der Waals surface area (Å²) in [5.41, 5.74) is 3.45. The fourth-order valence-electron chi connectivity index (χ4n) is 5.03. The molecule has 0 spiro atoms. The number of hydrogen-bond acceptors (Lipinski definition) is 5. The molecule has 1 saturated heterocycles. The monoisotopic (exact) mass is 471 g/mol. The van der Waals surface area contributed by atoms with Crippen molar-refractivity contribution in [2.45, 2.75) is 70.6 Å². The van der Waals surface area contributed by atoms with Crippen LogP contribution in [0.2, 0.25) is 0 Å². The standard InChI is InChI=1S/C26H37N5O.ClH/c1-19(2)26-29-17-23(21-10-12-27-13-11-21)25(30-26)22-8-6-20(7-9-22)16-28-24(32)18-31-14-4-3-5-15-31;/h10-13,17,19-20,22H,3-9,14-16,18H2,1-2H3,(H,28,32);1H. The number of carbonyl (C=O) groups excluding carboxylic acids is 1. The van der Waals surface area contributed by atoms with Gasteiger partial charge in [0.1, 0.15) is 5.82 Å². The highest BCUT2D eigenvalue weighted by Gasteiger charge is 2.27. The zero-order chi connectivity index (χ0) is 22.3. The van der Waals surface area contributed by atoms with Crippen LogP contribution in [0, 0.1) is 5.92 Å². The zero-order valence-corrected chi connectivity index (χ0v) is 20.8. The number of halogens is 1. The van der Waals surface area contributed by atoms with E-state index in [2.05, 4.69) is 34.0 Å². The van der Waals surface area contributed by atoms with Gasteiger partial charge < -0.3 is 5.32 Å². The maximum absolute atomic E-state index is 12.4. The van der Waals surface area contributed by atoms with E-state index in [9.17, 15) is 4.79 Å². The predicted molar refractivity (Wildman–Crippen MR) is 135 cm³/mol. The summed E-state index contributed by atoms with van der Waals surface area (Å²) in [5.74, 6) is 2.43. The first-order chi connectivity index (χ1) is 15.6. The van der Waals surface area contributed by atoms with Gasteiger partial charge >= 0.3 is 0 Å². The molecule has 1 aliphatic carbocycles. The quantitative estimate of drug-likeness (QED) is 0.617. The number of nitrogens with one attached hydrogen (secondary N) is 1. The summed E-state index contributed by atoms with van der Waals surface area (Å²) in [5, 5.41) is 3.20. The highest BCUT2D eigenvalue weighted by Crippen LogP contribution is 2.39. The highest BCUT2D eigenvalue weighted by molar-refractivity contribution is 5.85. The van der Waals surface area contributed by atoms with Crippen LogP contribution < -0.4 is 5.32 Å². The summed E-state index contributed by atoms with van der Waals surface area (Å²) in [6.45, 7) is 7.79. The summed E-state index contributed by atoms with van der Waals surface area (Å²) in [7, 11) is 0. The van der Waals surface area contributed by atoms with Crippen LogP contribution in [-0.2, 0) is 4.79 Å². The number of aromatic nitrogens is 3. The number of nitrogens with zero attached hydrogens (tertiary/aromatic N) is 4. The largest absolute Gasteiger partial charge is 0.355 e. The van der Waals surface area contributed by atoms with E-state index in [0.29, 0.717) is 24.3 Å². The molecule has 3 heterocycles. The van der Waals surface area contributed by atoms with Crippen LogP contribution in [0.4, 0.5) is 0 Å². The Kier molecular flexibility index (Phi) is 9.63. The van der Waals surface area contributed by atoms with Gasteiger partial charge in [0.25, 0.3) is 0 Å². The molecule has 33 heavy (non-hydrogen) atoms. The lowest BCUT2D eigenvalue weighted by Crippen LogP contribution is -2.41. The van der Waals surface area contributed by atoms with E-state index < -0.39 is 0 Å². The van der Waals surface area contributed by atoms with E-state index in [-0.39, 0.29) is 18.3 Å². The Morgan fingerprint density at radius 2 is 1.79 bits per heavy atom. The number of likely N-dealkylation sites (tertiary alicyclic amines) is 1. The molecule has 2 aromatic rings. The molecular weight excluding hydrogens is 434 g/mol. The average Bonchev–Trinajstić information content (AvgIpc) is 2.84. The molecular formula is C26H38ClN5O. The lowest BCUT2D eigenvalue weighted by atomic mass is 9.79. The summed E-state index contributed by atoms with van der Waals surface area (Å²) in [6.07, 6.45) is 13.9.